The molecule has 0 spiro atoms. The predicted molar refractivity (Wildman–Crippen MR) is 98.4 cm³/mol. The van der Waals surface area contributed by atoms with Crippen LogP contribution >= 0.6 is 11.6 Å². The molecule has 0 aliphatic rings. The van der Waals surface area contributed by atoms with E-state index in [2.05, 4.69) is 0 Å². The molecule has 0 heterocycles. The molecule has 0 aliphatic heterocycles. The van der Waals surface area contributed by atoms with E-state index in [4.69, 9.17) is 21.6 Å². The standard InChI is InChI=1S/C18H17ClN2O4S/c1-2-25-18(22)13-21(16-7-3-14(4-8-16)11-12-20)26(23,24)17-9-5-15(19)6-10-17/h3-10H,2,11,13H2,1H3. The van der Waals surface area contributed by atoms with Crippen molar-refractivity contribution in [2.24, 2.45) is 0 Å². The number of hydrogen-bond acceptors (Lipinski definition) is 5. The highest BCUT2D eigenvalue weighted by Gasteiger charge is 2.27. The number of carbonyl (C=O) groups is 1. The third kappa shape index (κ3) is 4.75. The summed E-state index contributed by atoms with van der Waals surface area (Å²) < 4.78 is 31.9. The molecule has 2 rings (SSSR count). The molecule has 0 saturated heterocycles. The fraction of sp³-hybridized carbons (Fsp3) is 0.222. The minimum Gasteiger partial charge on any atom is -0.465 e. The van der Waals surface area contributed by atoms with Crippen LogP contribution < -0.4 is 4.31 Å². The number of nitrogens with zero attached hydrogens (tertiary/aromatic N) is 2. The summed E-state index contributed by atoms with van der Waals surface area (Å²) in [7, 11) is -4.00. The lowest BCUT2D eigenvalue weighted by molar-refractivity contribution is -0.141. The quantitative estimate of drug-likeness (QED) is 0.675. The summed E-state index contributed by atoms with van der Waals surface area (Å²) >= 11 is 5.82. The van der Waals surface area contributed by atoms with Crippen molar-refractivity contribution in [2.75, 3.05) is 17.5 Å². The van der Waals surface area contributed by atoms with Gasteiger partial charge in [0.2, 0.25) is 0 Å². The number of ether oxygens (including phenoxy) is 1. The minimum atomic E-state index is -4.00. The number of carbonyl (C=O) groups excluding carboxylic acids is 1. The van der Waals surface area contributed by atoms with Gasteiger partial charge in [0.25, 0.3) is 10.0 Å². The molecule has 0 aliphatic carbocycles. The lowest BCUT2D eigenvalue weighted by atomic mass is 10.1. The van der Waals surface area contributed by atoms with E-state index in [0.717, 1.165) is 9.87 Å². The largest absolute Gasteiger partial charge is 0.465 e. The average Bonchev–Trinajstić information content (AvgIpc) is 2.61. The van der Waals surface area contributed by atoms with Crippen LogP contribution in [0, 0.1) is 11.3 Å². The number of rotatable bonds is 7. The second kappa shape index (κ2) is 8.70. The number of anilines is 1. The van der Waals surface area contributed by atoms with Gasteiger partial charge >= 0.3 is 5.97 Å². The summed E-state index contributed by atoms with van der Waals surface area (Å²) in [5.74, 6) is -0.661. The van der Waals surface area contributed by atoms with Gasteiger partial charge in [0.15, 0.2) is 0 Å². The number of nitriles is 1. The fourth-order valence-electron chi connectivity index (χ4n) is 2.24. The highest BCUT2D eigenvalue weighted by Crippen LogP contribution is 2.25. The summed E-state index contributed by atoms with van der Waals surface area (Å²) in [5.41, 5.74) is 1.05. The molecule has 0 amide bonds. The molecule has 0 saturated carbocycles. The molecule has 0 fully saturated rings. The lowest BCUT2D eigenvalue weighted by Gasteiger charge is -2.23. The van der Waals surface area contributed by atoms with E-state index in [-0.39, 0.29) is 17.9 Å². The van der Waals surface area contributed by atoms with E-state index >= 15 is 0 Å². The van der Waals surface area contributed by atoms with Crippen molar-refractivity contribution in [1.82, 2.24) is 0 Å². The zero-order chi connectivity index (χ0) is 19.2. The van der Waals surface area contributed by atoms with Crippen LogP contribution in [0.15, 0.2) is 53.4 Å². The zero-order valence-corrected chi connectivity index (χ0v) is 15.6. The molecule has 0 bridgehead atoms. The first-order valence-corrected chi connectivity index (χ1v) is 9.60. The molecule has 6 nitrogen and oxygen atoms in total. The third-order valence-electron chi connectivity index (χ3n) is 3.49. The van der Waals surface area contributed by atoms with Gasteiger partial charge in [0.1, 0.15) is 6.54 Å². The third-order valence-corrected chi connectivity index (χ3v) is 5.53. The Morgan fingerprint density at radius 1 is 1.15 bits per heavy atom. The summed E-state index contributed by atoms with van der Waals surface area (Å²) in [5, 5.41) is 9.15. The highest BCUT2D eigenvalue weighted by atomic mass is 35.5. The van der Waals surface area contributed by atoms with Gasteiger partial charge < -0.3 is 4.74 Å². The molecule has 0 atom stereocenters. The van der Waals surface area contributed by atoms with Crippen LogP contribution in [0.2, 0.25) is 5.02 Å². The van der Waals surface area contributed by atoms with Crippen LogP contribution in [0.5, 0.6) is 0 Å². The molecule has 0 N–H and O–H groups in total. The molecule has 8 heteroatoms. The number of halogens is 1. The first kappa shape index (κ1) is 19.8. The van der Waals surface area contributed by atoms with E-state index < -0.39 is 22.5 Å². The molecule has 2 aromatic carbocycles. The topological polar surface area (TPSA) is 87.5 Å². The molecule has 0 radical (unpaired) electrons. The maximum absolute atomic E-state index is 13.0. The van der Waals surface area contributed by atoms with Crippen molar-refractivity contribution >= 4 is 33.3 Å². The van der Waals surface area contributed by atoms with Gasteiger partial charge in [-0.3, -0.25) is 9.10 Å². The molecule has 2 aromatic rings. The maximum atomic E-state index is 13.0. The summed E-state index contributed by atoms with van der Waals surface area (Å²) in [6.07, 6.45) is 0.210. The Balaban J connectivity index is 2.44. The second-order valence-electron chi connectivity index (χ2n) is 5.27. The number of esters is 1. The van der Waals surface area contributed by atoms with Gasteiger partial charge in [-0.05, 0) is 48.9 Å². The fourth-order valence-corrected chi connectivity index (χ4v) is 3.78. The Morgan fingerprint density at radius 2 is 1.77 bits per heavy atom. The van der Waals surface area contributed by atoms with E-state index in [1.165, 1.54) is 24.3 Å². The maximum Gasteiger partial charge on any atom is 0.326 e. The van der Waals surface area contributed by atoms with Gasteiger partial charge in [-0.15, -0.1) is 0 Å². The van der Waals surface area contributed by atoms with Crippen molar-refractivity contribution < 1.29 is 17.9 Å². The molecule has 26 heavy (non-hydrogen) atoms. The smallest absolute Gasteiger partial charge is 0.326 e. The van der Waals surface area contributed by atoms with Crippen LogP contribution in [0.4, 0.5) is 5.69 Å². The van der Waals surface area contributed by atoms with E-state index in [1.807, 2.05) is 6.07 Å². The van der Waals surface area contributed by atoms with Gasteiger partial charge in [-0.2, -0.15) is 5.26 Å². The minimum absolute atomic E-state index is 0.00676. The Kier molecular flexibility index (Phi) is 6.61. The second-order valence-corrected chi connectivity index (χ2v) is 7.57. The summed E-state index contributed by atoms with van der Waals surface area (Å²) in [6, 6.07) is 14.1. The van der Waals surface area contributed by atoms with Gasteiger partial charge in [0, 0.05) is 5.02 Å². The van der Waals surface area contributed by atoms with Gasteiger partial charge in [-0.25, -0.2) is 8.42 Å². The SMILES string of the molecule is CCOC(=O)CN(c1ccc(CC#N)cc1)S(=O)(=O)c1ccc(Cl)cc1. The van der Waals surface area contributed by atoms with Crippen LogP contribution in [0.1, 0.15) is 12.5 Å². The Morgan fingerprint density at radius 3 is 2.31 bits per heavy atom. The molecular formula is C18H17ClN2O4S. The number of hydrogen-bond donors (Lipinski definition) is 0. The zero-order valence-electron chi connectivity index (χ0n) is 14.1. The molecule has 136 valence electrons. The Labute approximate surface area is 157 Å². The molecule has 0 unspecified atom stereocenters. The average molecular weight is 393 g/mol. The van der Waals surface area contributed by atoms with Gasteiger partial charge in [-0.1, -0.05) is 23.7 Å². The number of benzene rings is 2. The first-order valence-electron chi connectivity index (χ1n) is 7.78. The van der Waals surface area contributed by atoms with Crippen LogP contribution in [0.3, 0.4) is 0 Å². The molecule has 0 aromatic heterocycles. The Bertz CT molecular complexity index is 904. The van der Waals surface area contributed by atoms with E-state index in [1.54, 1.807) is 31.2 Å². The van der Waals surface area contributed by atoms with Crippen molar-refractivity contribution in [3.8, 4) is 6.07 Å². The van der Waals surface area contributed by atoms with Crippen molar-refractivity contribution in [1.29, 1.82) is 5.26 Å². The normalized spacial score (nSPS) is 10.8. The monoisotopic (exact) mass is 392 g/mol. The van der Waals surface area contributed by atoms with Crippen molar-refractivity contribution in [2.45, 2.75) is 18.2 Å². The highest BCUT2D eigenvalue weighted by molar-refractivity contribution is 7.92. The predicted octanol–water partition coefficient (Wildman–Crippen LogP) is 3.16. The summed E-state index contributed by atoms with van der Waals surface area (Å²) in [4.78, 5) is 11.9. The van der Waals surface area contributed by atoms with E-state index in [9.17, 15) is 13.2 Å². The molecular weight excluding hydrogens is 376 g/mol. The first-order chi connectivity index (χ1) is 12.4. The van der Waals surface area contributed by atoms with Crippen molar-refractivity contribution in [3.05, 3.63) is 59.1 Å². The van der Waals surface area contributed by atoms with Crippen LogP contribution in [-0.4, -0.2) is 27.5 Å². The van der Waals surface area contributed by atoms with Crippen LogP contribution in [-0.2, 0) is 26.0 Å². The van der Waals surface area contributed by atoms with E-state index in [0.29, 0.717) is 10.7 Å². The van der Waals surface area contributed by atoms with Gasteiger partial charge in [0.05, 0.1) is 29.7 Å². The number of sulfonamides is 1. The van der Waals surface area contributed by atoms with Crippen molar-refractivity contribution in [3.63, 3.8) is 0 Å². The summed E-state index contributed by atoms with van der Waals surface area (Å²) in [6.45, 7) is 1.33. The van der Waals surface area contributed by atoms with Crippen LogP contribution in [0.25, 0.3) is 0 Å². The lowest BCUT2D eigenvalue weighted by Crippen LogP contribution is -2.36. The Hall–Kier alpha value is -2.56.